The average molecular weight is 762 g/mol. The fourth-order valence-electron chi connectivity index (χ4n) is 13.4. The summed E-state index contributed by atoms with van der Waals surface area (Å²) in [6, 6.07) is 3.75. The van der Waals surface area contributed by atoms with Crippen LogP contribution in [0, 0.1) is 56.2 Å². The molecule has 5 aliphatic carbocycles. The Morgan fingerprint density at radius 3 is 2.33 bits per heavy atom. The quantitative estimate of drug-likeness (QED) is 0.200. The lowest BCUT2D eigenvalue weighted by molar-refractivity contribution is -0.235. The minimum atomic E-state index is -1.19. The second-order valence-electron chi connectivity index (χ2n) is 20.4. The molecule has 1 aromatic rings. The highest BCUT2D eigenvalue weighted by molar-refractivity contribution is 6.00. The normalized spacial score (nSPS) is 36.0. The number of hydrogen-bond acceptors (Lipinski definition) is 8. The van der Waals surface area contributed by atoms with Gasteiger partial charge in [-0.15, -0.1) is 0 Å². The summed E-state index contributed by atoms with van der Waals surface area (Å²) in [5, 5.41) is 22.1. The number of carbonyl (C=O) groups is 4. The lowest BCUT2D eigenvalue weighted by Crippen LogP contribution is -2.66. The van der Waals surface area contributed by atoms with Crippen molar-refractivity contribution in [2.45, 2.75) is 145 Å². The first kappa shape index (κ1) is 41.5. The van der Waals surface area contributed by atoms with E-state index in [9.17, 15) is 29.4 Å². The van der Waals surface area contributed by atoms with E-state index in [-0.39, 0.29) is 77.2 Å². The van der Waals surface area contributed by atoms with Gasteiger partial charge >= 0.3 is 11.9 Å². The summed E-state index contributed by atoms with van der Waals surface area (Å²) < 4.78 is 6.16. The lowest BCUT2D eigenvalue weighted by Gasteiger charge is -2.72. The van der Waals surface area contributed by atoms with Crippen LogP contribution in [-0.2, 0) is 30.5 Å². The molecule has 0 aliphatic heterocycles. The molecule has 1 heterocycles. The van der Waals surface area contributed by atoms with Crippen LogP contribution < -0.4 is 5.73 Å². The highest BCUT2D eigenvalue weighted by atomic mass is 16.5. The third-order valence-corrected chi connectivity index (χ3v) is 16.5. The van der Waals surface area contributed by atoms with Crippen molar-refractivity contribution in [3.8, 4) is 0 Å². The molecule has 0 aromatic carbocycles. The van der Waals surface area contributed by atoms with E-state index in [4.69, 9.17) is 10.5 Å². The van der Waals surface area contributed by atoms with Gasteiger partial charge in [0.1, 0.15) is 6.10 Å². The molecule has 304 valence electrons. The first-order chi connectivity index (χ1) is 25.6. The molecule has 9 atom stereocenters. The third kappa shape index (κ3) is 6.59. The SMILES string of the molecule is CC(C)C1=C2[C@H]3CC[C@@H]4[C@@]5(C)CCC(OC(=O)CC(C)(C)C(=O)O)C(C)(C)[C@@H]5CC[C@@]4(C)[C@]3(C)CC[C@@]2([C@@H](O)CN(Cc2cccnc2)C(=O)CN)CC1=O. The maximum Gasteiger partial charge on any atom is 0.309 e. The molecule has 0 saturated heterocycles. The predicted molar refractivity (Wildman–Crippen MR) is 210 cm³/mol. The van der Waals surface area contributed by atoms with Crippen molar-refractivity contribution in [2.24, 2.45) is 61.9 Å². The molecule has 5 aliphatic rings. The van der Waals surface area contributed by atoms with E-state index in [2.05, 4.69) is 53.5 Å². The molecule has 1 amide bonds. The first-order valence-electron chi connectivity index (χ1n) is 20.8. The van der Waals surface area contributed by atoms with Gasteiger partial charge in [0.05, 0.1) is 24.5 Å². The van der Waals surface area contributed by atoms with Crippen LogP contribution in [0.4, 0.5) is 0 Å². The number of pyridine rings is 1. The van der Waals surface area contributed by atoms with Crippen LogP contribution in [0.5, 0.6) is 0 Å². The lowest BCUT2D eigenvalue weighted by atomic mass is 9.33. The number of aliphatic hydroxyl groups is 1. The molecule has 4 saturated carbocycles. The van der Waals surface area contributed by atoms with Crippen molar-refractivity contribution < 1.29 is 34.1 Å². The number of esters is 1. The van der Waals surface area contributed by atoms with Crippen LogP contribution >= 0.6 is 0 Å². The molecule has 0 bridgehead atoms. The van der Waals surface area contributed by atoms with E-state index in [0.29, 0.717) is 24.8 Å². The molecule has 4 N–H and O–H groups in total. The van der Waals surface area contributed by atoms with Gasteiger partial charge in [-0.2, -0.15) is 0 Å². The van der Waals surface area contributed by atoms with Crippen molar-refractivity contribution in [1.29, 1.82) is 0 Å². The number of hydrogen-bond donors (Lipinski definition) is 3. The number of Topliss-reactive ketones (excluding diaryl/α,β-unsaturated/α-hetero) is 1. The summed E-state index contributed by atoms with van der Waals surface area (Å²) in [6.07, 6.45) is 9.60. The summed E-state index contributed by atoms with van der Waals surface area (Å²) >= 11 is 0. The Bertz CT molecular complexity index is 1720. The van der Waals surface area contributed by atoms with Crippen LogP contribution in [-0.4, -0.2) is 69.0 Å². The molecule has 6 rings (SSSR count). The van der Waals surface area contributed by atoms with Crippen molar-refractivity contribution >= 4 is 23.6 Å². The van der Waals surface area contributed by atoms with Crippen molar-refractivity contribution in [3.05, 3.63) is 41.2 Å². The minimum absolute atomic E-state index is 0.0118. The summed E-state index contributed by atoms with van der Waals surface area (Å²) in [5.74, 6) is -0.634. The van der Waals surface area contributed by atoms with Crippen molar-refractivity contribution in [3.63, 3.8) is 0 Å². The molecule has 1 aromatic heterocycles. The van der Waals surface area contributed by atoms with Gasteiger partial charge in [-0.1, -0.05) is 60.1 Å². The zero-order chi connectivity index (χ0) is 40.5. The van der Waals surface area contributed by atoms with E-state index in [1.165, 1.54) is 5.57 Å². The number of nitrogens with zero attached hydrogens (tertiary/aromatic N) is 2. The van der Waals surface area contributed by atoms with Crippen LogP contribution in [0.25, 0.3) is 0 Å². The largest absolute Gasteiger partial charge is 0.481 e. The fraction of sp³-hybridized carbons (Fsp3) is 0.756. The Labute approximate surface area is 328 Å². The Hall–Kier alpha value is -3.11. The minimum Gasteiger partial charge on any atom is -0.481 e. The monoisotopic (exact) mass is 761 g/mol. The highest BCUT2D eigenvalue weighted by Gasteiger charge is 2.71. The molecular formula is C45H67N3O7. The van der Waals surface area contributed by atoms with Gasteiger partial charge in [-0.05, 0) is 122 Å². The van der Waals surface area contributed by atoms with E-state index < -0.39 is 28.9 Å². The molecule has 0 spiro atoms. The Morgan fingerprint density at radius 2 is 1.71 bits per heavy atom. The van der Waals surface area contributed by atoms with Crippen molar-refractivity contribution in [1.82, 2.24) is 9.88 Å². The number of ketones is 1. The van der Waals surface area contributed by atoms with Gasteiger partial charge in [-0.3, -0.25) is 24.2 Å². The molecular weight excluding hydrogens is 695 g/mol. The first-order valence-corrected chi connectivity index (χ1v) is 20.8. The zero-order valence-electron chi connectivity index (χ0n) is 34.9. The molecule has 0 radical (unpaired) electrons. The molecule has 1 unspecified atom stereocenters. The van der Waals surface area contributed by atoms with Gasteiger partial charge in [0.2, 0.25) is 5.91 Å². The van der Waals surface area contributed by atoms with Gasteiger partial charge < -0.3 is 25.6 Å². The molecule has 4 fully saturated rings. The standard InChI is InChI=1S/C45H67N3O7/c1-27(2)37-30(49)21-45(33(50)26-48(35(51)23-46)25-28-11-10-20-47-24-28)19-18-43(8)29(38(37)45)12-13-32-42(7)16-15-34(55-36(52)22-40(3,4)39(53)54)41(5,6)31(42)14-17-44(32,43)9/h10-11,20,24,27,29,31-34,50H,12-19,21-23,25-26,46H2,1-9H3,(H,53,54)/t29-,31+,32-,33+,34?,42+,43-,44-,45+/m1/s1. The molecule has 10 heteroatoms. The fourth-order valence-corrected chi connectivity index (χ4v) is 13.4. The average Bonchev–Trinajstić information content (AvgIpc) is 3.42. The Morgan fingerprint density at radius 1 is 1.00 bits per heavy atom. The van der Waals surface area contributed by atoms with Gasteiger partial charge in [-0.25, -0.2) is 0 Å². The zero-order valence-corrected chi connectivity index (χ0v) is 34.9. The molecule has 55 heavy (non-hydrogen) atoms. The summed E-state index contributed by atoms with van der Waals surface area (Å²) in [4.78, 5) is 58.2. The maximum absolute atomic E-state index is 14.2. The number of aromatic nitrogens is 1. The Balaban J connectivity index is 1.30. The predicted octanol–water partition coefficient (Wildman–Crippen LogP) is 7.12. The summed E-state index contributed by atoms with van der Waals surface area (Å²) in [6.45, 7) is 19.6. The summed E-state index contributed by atoms with van der Waals surface area (Å²) in [5.41, 5.74) is 6.51. The van der Waals surface area contributed by atoms with Crippen LogP contribution in [0.3, 0.4) is 0 Å². The number of carboxylic acid groups (broad SMARTS) is 1. The summed E-state index contributed by atoms with van der Waals surface area (Å²) in [7, 11) is 0. The number of amides is 1. The second kappa shape index (κ2) is 14.4. The molecule has 10 nitrogen and oxygen atoms in total. The Kier molecular flexibility index (Phi) is 10.8. The number of nitrogens with two attached hydrogens (primary N) is 1. The maximum atomic E-state index is 14.2. The van der Waals surface area contributed by atoms with Gasteiger partial charge in [0.15, 0.2) is 5.78 Å². The number of carboxylic acids is 1. The van der Waals surface area contributed by atoms with Gasteiger partial charge in [0, 0.05) is 42.7 Å². The van der Waals surface area contributed by atoms with Crippen LogP contribution in [0.1, 0.15) is 132 Å². The van der Waals surface area contributed by atoms with Crippen molar-refractivity contribution in [2.75, 3.05) is 13.1 Å². The van der Waals surface area contributed by atoms with E-state index in [1.807, 2.05) is 12.1 Å². The topological polar surface area (TPSA) is 160 Å². The number of aliphatic carboxylic acids is 1. The highest BCUT2D eigenvalue weighted by Crippen LogP contribution is 2.77. The van der Waals surface area contributed by atoms with E-state index in [1.54, 1.807) is 31.1 Å². The number of allylic oxidation sites excluding steroid dienone is 1. The van der Waals surface area contributed by atoms with Gasteiger partial charge in [0.25, 0.3) is 0 Å². The number of ether oxygens (including phenoxy) is 1. The second-order valence-corrected chi connectivity index (χ2v) is 20.4. The van der Waals surface area contributed by atoms with Crippen LogP contribution in [0.2, 0.25) is 0 Å². The number of rotatable bonds is 11. The van der Waals surface area contributed by atoms with E-state index >= 15 is 0 Å². The number of carbonyl (C=O) groups excluding carboxylic acids is 3. The smallest absolute Gasteiger partial charge is 0.309 e. The number of aliphatic hydroxyl groups excluding tert-OH is 1. The third-order valence-electron chi connectivity index (χ3n) is 16.5. The van der Waals surface area contributed by atoms with Crippen LogP contribution in [0.15, 0.2) is 35.7 Å². The number of fused-ring (bicyclic) bond motifs is 7. The van der Waals surface area contributed by atoms with E-state index in [0.717, 1.165) is 56.1 Å².